The average molecular weight is 550 g/mol. The summed E-state index contributed by atoms with van der Waals surface area (Å²) in [6, 6.07) is -0.334. The Morgan fingerprint density at radius 2 is 1.27 bits per heavy atom. The Bertz CT molecular complexity index is 603. The van der Waals surface area contributed by atoms with Crippen molar-refractivity contribution in [1.29, 1.82) is 0 Å². The lowest BCUT2D eigenvalue weighted by molar-refractivity contribution is -0.143. The Morgan fingerprint density at radius 3 is 1.78 bits per heavy atom. The molecule has 0 bridgehead atoms. The van der Waals surface area contributed by atoms with E-state index >= 15 is 0 Å². The average Bonchev–Trinajstić information content (AvgIpc) is 2.86. The van der Waals surface area contributed by atoms with Crippen molar-refractivity contribution in [3.63, 3.8) is 0 Å². The van der Waals surface area contributed by atoms with Gasteiger partial charge >= 0.3 is 13.8 Å². The van der Waals surface area contributed by atoms with Crippen LogP contribution in [0.3, 0.4) is 0 Å². The molecule has 2 atom stereocenters. The SMILES string of the molecule is CCCCCCCCCCCCCCCC(=O)OCCCCCCC[C@H](COP(=O)(O)OC)NC(C)=O. The minimum absolute atomic E-state index is 0.0730. The zero-order valence-corrected chi connectivity index (χ0v) is 24.9. The van der Waals surface area contributed by atoms with Gasteiger partial charge in [0.05, 0.1) is 19.3 Å². The van der Waals surface area contributed by atoms with Gasteiger partial charge in [0.1, 0.15) is 0 Å². The summed E-state index contributed by atoms with van der Waals surface area (Å²) in [5.41, 5.74) is 0. The molecule has 2 N–H and O–H groups in total. The van der Waals surface area contributed by atoms with Gasteiger partial charge in [-0.25, -0.2) is 4.57 Å². The first kappa shape index (κ1) is 36.0. The van der Waals surface area contributed by atoms with E-state index in [1.54, 1.807) is 0 Å². The smallest absolute Gasteiger partial charge is 0.466 e. The second kappa shape index (κ2) is 25.3. The molecular weight excluding hydrogens is 493 g/mol. The molecule has 0 heterocycles. The molecule has 0 saturated carbocycles. The first-order valence-corrected chi connectivity index (χ1v) is 16.3. The number of nitrogens with one attached hydrogen (secondary N) is 1. The number of rotatable bonds is 27. The summed E-state index contributed by atoms with van der Waals surface area (Å²) in [6.07, 6.45) is 22.7. The van der Waals surface area contributed by atoms with Crippen LogP contribution in [0, 0.1) is 0 Å². The fourth-order valence-corrected chi connectivity index (χ4v) is 4.76. The van der Waals surface area contributed by atoms with Crippen molar-refractivity contribution in [1.82, 2.24) is 5.32 Å². The Balaban J connectivity index is 3.53. The van der Waals surface area contributed by atoms with E-state index in [2.05, 4.69) is 16.8 Å². The molecule has 0 saturated heterocycles. The number of esters is 1. The van der Waals surface area contributed by atoms with Gasteiger partial charge in [0.2, 0.25) is 5.91 Å². The third-order valence-electron chi connectivity index (χ3n) is 6.52. The Morgan fingerprint density at radius 1 is 0.784 bits per heavy atom. The third kappa shape index (κ3) is 26.4. The van der Waals surface area contributed by atoms with Gasteiger partial charge in [-0.1, -0.05) is 110 Å². The normalized spacial score (nSPS) is 13.7. The third-order valence-corrected chi connectivity index (χ3v) is 7.46. The van der Waals surface area contributed by atoms with Crippen LogP contribution < -0.4 is 5.32 Å². The first-order chi connectivity index (χ1) is 17.8. The fourth-order valence-electron chi connectivity index (χ4n) is 4.29. The molecule has 0 aliphatic carbocycles. The molecule has 37 heavy (non-hydrogen) atoms. The van der Waals surface area contributed by atoms with E-state index in [1.165, 1.54) is 77.6 Å². The van der Waals surface area contributed by atoms with E-state index in [-0.39, 0.29) is 24.5 Å². The molecule has 0 aromatic heterocycles. The highest BCUT2D eigenvalue weighted by Gasteiger charge is 2.21. The van der Waals surface area contributed by atoms with Crippen LogP contribution in [0.25, 0.3) is 0 Å². The van der Waals surface area contributed by atoms with E-state index in [4.69, 9.17) is 9.26 Å². The quantitative estimate of drug-likeness (QED) is 0.0616. The van der Waals surface area contributed by atoms with Crippen molar-refractivity contribution < 1.29 is 32.8 Å². The first-order valence-electron chi connectivity index (χ1n) is 14.8. The van der Waals surface area contributed by atoms with Crippen molar-refractivity contribution >= 4 is 19.7 Å². The Labute approximate surface area is 226 Å². The van der Waals surface area contributed by atoms with Gasteiger partial charge in [-0.15, -0.1) is 0 Å². The van der Waals surface area contributed by atoms with Gasteiger partial charge in [0.25, 0.3) is 0 Å². The molecule has 1 unspecified atom stereocenters. The van der Waals surface area contributed by atoms with Crippen LogP contribution >= 0.6 is 7.82 Å². The van der Waals surface area contributed by atoms with Gasteiger partial charge < -0.3 is 14.9 Å². The number of ether oxygens (including phenoxy) is 1. The summed E-state index contributed by atoms with van der Waals surface area (Å²) in [6.45, 7) is 4.07. The van der Waals surface area contributed by atoms with E-state index in [0.717, 1.165) is 52.1 Å². The predicted octanol–water partition coefficient (Wildman–Crippen LogP) is 7.62. The van der Waals surface area contributed by atoms with E-state index in [1.807, 2.05) is 0 Å². The number of amides is 1. The molecule has 0 spiro atoms. The summed E-state index contributed by atoms with van der Waals surface area (Å²) < 4.78 is 26.0. The summed E-state index contributed by atoms with van der Waals surface area (Å²) in [4.78, 5) is 32.5. The maximum Gasteiger partial charge on any atom is 0.471 e. The van der Waals surface area contributed by atoms with E-state index in [9.17, 15) is 19.0 Å². The topological polar surface area (TPSA) is 111 Å². The summed E-state index contributed by atoms with van der Waals surface area (Å²) in [7, 11) is -2.95. The Kier molecular flexibility index (Phi) is 24.7. The molecule has 0 aliphatic heterocycles. The Hall–Kier alpha value is -0.950. The van der Waals surface area contributed by atoms with E-state index < -0.39 is 7.82 Å². The zero-order chi connectivity index (χ0) is 27.6. The largest absolute Gasteiger partial charge is 0.471 e. The molecule has 8 nitrogen and oxygen atoms in total. The fraction of sp³-hybridized carbons (Fsp3) is 0.929. The lowest BCUT2D eigenvalue weighted by Gasteiger charge is -2.19. The second-order valence-corrected chi connectivity index (χ2v) is 11.7. The van der Waals surface area contributed by atoms with Gasteiger partial charge in [-0.05, 0) is 19.3 Å². The van der Waals surface area contributed by atoms with Crippen molar-refractivity contribution in [3.05, 3.63) is 0 Å². The molecule has 220 valence electrons. The predicted molar refractivity (Wildman–Crippen MR) is 149 cm³/mol. The maximum absolute atomic E-state index is 11.9. The highest BCUT2D eigenvalue weighted by Crippen LogP contribution is 2.42. The number of carbonyl (C=O) groups excluding carboxylic acids is 2. The summed E-state index contributed by atoms with van der Waals surface area (Å²) in [5.74, 6) is -0.294. The molecule has 0 aromatic carbocycles. The monoisotopic (exact) mass is 549 g/mol. The van der Waals surface area contributed by atoms with Crippen molar-refractivity contribution in [2.45, 2.75) is 148 Å². The van der Waals surface area contributed by atoms with Crippen molar-refractivity contribution in [2.75, 3.05) is 20.3 Å². The number of hydrogen-bond donors (Lipinski definition) is 2. The van der Waals surface area contributed by atoms with Crippen LogP contribution in [0.5, 0.6) is 0 Å². The lowest BCUT2D eigenvalue weighted by atomic mass is 10.0. The van der Waals surface area contributed by atoms with Crippen LogP contribution in [-0.2, 0) is 27.9 Å². The van der Waals surface area contributed by atoms with Crippen LogP contribution in [0.4, 0.5) is 0 Å². The number of phosphoric acid groups is 1. The maximum atomic E-state index is 11.9. The van der Waals surface area contributed by atoms with Crippen molar-refractivity contribution in [2.24, 2.45) is 0 Å². The minimum Gasteiger partial charge on any atom is -0.466 e. The highest BCUT2D eigenvalue weighted by molar-refractivity contribution is 7.47. The zero-order valence-electron chi connectivity index (χ0n) is 24.0. The summed E-state index contributed by atoms with van der Waals surface area (Å²) >= 11 is 0. The van der Waals surface area contributed by atoms with Crippen molar-refractivity contribution in [3.8, 4) is 0 Å². The number of unbranched alkanes of at least 4 members (excludes halogenated alkanes) is 16. The van der Waals surface area contributed by atoms with Gasteiger partial charge in [0, 0.05) is 20.5 Å². The van der Waals surface area contributed by atoms with Crippen LogP contribution in [0.1, 0.15) is 142 Å². The number of carbonyl (C=O) groups is 2. The highest BCUT2D eigenvalue weighted by atomic mass is 31.2. The molecule has 0 aromatic rings. The van der Waals surface area contributed by atoms with Crippen LogP contribution in [0.2, 0.25) is 0 Å². The molecular formula is C28H56NO7P. The van der Waals surface area contributed by atoms with E-state index in [0.29, 0.717) is 19.4 Å². The molecule has 0 radical (unpaired) electrons. The van der Waals surface area contributed by atoms with Gasteiger partial charge in [-0.2, -0.15) is 0 Å². The molecule has 1 amide bonds. The lowest BCUT2D eigenvalue weighted by Crippen LogP contribution is -2.36. The second-order valence-electron chi connectivity index (χ2n) is 10.1. The summed E-state index contributed by atoms with van der Waals surface area (Å²) in [5, 5.41) is 2.74. The van der Waals surface area contributed by atoms with Gasteiger partial charge in [-0.3, -0.25) is 18.6 Å². The molecule has 0 aliphatic rings. The molecule has 0 fully saturated rings. The standard InChI is InChI=1S/C28H56NO7P/c1-4-5-6-7-8-9-10-11-12-13-14-17-20-23-28(31)35-24-21-18-15-16-19-22-27(29-26(2)30)25-36-37(32,33)34-3/h27H,4-25H2,1-3H3,(H,29,30)(H,32,33)/t27-/m1/s1. The molecule has 9 heteroatoms. The van der Waals surface area contributed by atoms with Gasteiger partial charge in [0.15, 0.2) is 0 Å². The van der Waals surface area contributed by atoms with Crippen LogP contribution in [0.15, 0.2) is 0 Å². The minimum atomic E-state index is -4.05. The molecule has 0 rings (SSSR count). The van der Waals surface area contributed by atoms with Crippen LogP contribution in [-0.4, -0.2) is 43.1 Å². The number of hydrogen-bond acceptors (Lipinski definition) is 6. The number of phosphoric ester groups is 1.